The Hall–Kier alpha value is 0.0164. The number of hydrogen-bond donors (Lipinski definition) is 1. The number of nitro groups is 1. The third-order valence-corrected chi connectivity index (χ3v) is 1.93. The standard InChI is InChI=1S/C8H6ClNO4.K/c1-4(11)5-2-6(9)8(12)7(3-5)10(13)14;/h2-3,12H,1H3;/q;+1. The van der Waals surface area contributed by atoms with Crippen molar-refractivity contribution < 1.29 is 66.2 Å². The first kappa shape index (κ1) is 15.0. The van der Waals surface area contributed by atoms with Crippen molar-refractivity contribution in [2.24, 2.45) is 0 Å². The summed E-state index contributed by atoms with van der Waals surface area (Å²) in [6, 6.07) is 2.18. The number of Topliss-reactive ketones (excluding diaryl/α,β-unsaturated/α-hetero) is 1. The van der Waals surface area contributed by atoms with Crippen molar-refractivity contribution in [2.75, 3.05) is 0 Å². The van der Waals surface area contributed by atoms with Crippen LogP contribution in [0.5, 0.6) is 5.75 Å². The van der Waals surface area contributed by atoms with Gasteiger partial charge >= 0.3 is 57.1 Å². The number of nitro benzene ring substituents is 1. The van der Waals surface area contributed by atoms with Crippen molar-refractivity contribution >= 4 is 23.1 Å². The van der Waals surface area contributed by atoms with E-state index in [1.165, 1.54) is 13.0 Å². The van der Waals surface area contributed by atoms with Crippen LogP contribution in [0, 0.1) is 10.1 Å². The van der Waals surface area contributed by atoms with E-state index >= 15 is 0 Å². The Morgan fingerprint density at radius 1 is 1.53 bits per heavy atom. The number of carbonyl (C=O) groups excluding carboxylic acids is 1. The van der Waals surface area contributed by atoms with Crippen LogP contribution >= 0.6 is 11.6 Å². The van der Waals surface area contributed by atoms with Crippen LogP contribution < -0.4 is 51.4 Å². The number of carbonyl (C=O) groups is 1. The van der Waals surface area contributed by atoms with Gasteiger partial charge in [0.2, 0.25) is 5.75 Å². The van der Waals surface area contributed by atoms with Crippen molar-refractivity contribution in [3.8, 4) is 5.75 Å². The Labute approximate surface area is 133 Å². The minimum atomic E-state index is -0.798. The molecule has 74 valence electrons. The number of hydrogen-bond acceptors (Lipinski definition) is 4. The van der Waals surface area contributed by atoms with Gasteiger partial charge in [-0.05, 0) is 13.0 Å². The van der Waals surface area contributed by atoms with Gasteiger partial charge in [-0.25, -0.2) is 0 Å². The number of benzene rings is 1. The molecule has 15 heavy (non-hydrogen) atoms. The average Bonchev–Trinajstić information content (AvgIpc) is 2.08. The Morgan fingerprint density at radius 3 is 2.47 bits per heavy atom. The van der Waals surface area contributed by atoms with E-state index in [0.717, 1.165) is 6.07 Å². The molecule has 1 aromatic carbocycles. The van der Waals surface area contributed by atoms with Crippen LogP contribution in [0.15, 0.2) is 12.1 Å². The minimum Gasteiger partial charge on any atom is -0.501 e. The minimum absolute atomic E-state index is 0. The summed E-state index contributed by atoms with van der Waals surface area (Å²) >= 11 is 5.50. The maximum absolute atomic E-state index is 10.9. The number of ketones is 1. The van der Waals surface area contributed by atoms with Crippen LogP contribution in [0.25, 0.3) is 0 Å². The summed E-state index contributed by atoms with van der Waals surface area (Å²) in [5.41, 5.74) is -0.470. The second kappa shape index (κ2) is 5.93. The molecule has 1 aromatic rings. The molecule has 1 N–H and O–H groups in total. The van der Waals surface area contributed by atoms with Gasteiger partial charge in [0, 0.05) is 11.6 Å². The zero-order chi connectivity index (χ0) is 10.9. The molecule has 5 nitrogen and oxygen atoms in total. The molecule has 0 radical (unpaired) electrons. The molecule has 0 heterocycles. The molecule has 0 unspecified atom stereocenters. The monoisotopic (exact) mass is 254 g/mol. The molecule has 0 bridgehead atoms. The van der Waals surface area contributed by atoms with E-state index in [-0.39, 0.29) is 67.8 Å². The van der Waals surface area contributed by atoms with Crippen LogP contribution in [-0.2, 0) is 0 Å². The van der Waals surface area contributed by atoms with E-state index in [1.54, 1.807) is 0 Å². The molecule has 0 aliphatic carbocycles. The Balaban J connectivity index is 0.00000196. The third kappa shape index (κ3) is 3.51. The topological polar surface area (TPSA) is 80.4 Å². The molecular weight excluding hydrogens is 249 g/mol. The van der Waals surface area contributed by atoms with Gasteiger partial charge in [-0.15, -0.1) is 0 Å². The van der Waals surface area contributed by atoms with Crippen LogP contribution in [0.4, 0.5) is 5.69 Å². The van der Waals surface area contributed by atoms with Crippen LogP contribution in [0.1, 0.15) is 17.3 Å². The molecule has 0 aromatic heterocycles. The summed E-state index contributed by atoms with van der Waals surface area (Å²) in [6.45, 7) is 1.26. The third-order valence-electron chi connectivity index (χ3n) is 1.65. The van der Waals surface area contributed by atoms with Gasteiger partial charge in [-0.1, -0.05) is 11.6 Å². The molecule has 0 aliphatic rings. The van der Waals surface area contributed by atoms with Crippen molar-refractivity contribution in [3.05, 3.63) is 32.8 Å². The number of phenolic OH excluding ortho intramolecular Hbond substituents is 1. The zero-order valence-electron chi connectivity index (χ0n) is 8.15. The van der Waals surface area contributed by atoms with E-state index in [2.05, 4.69) is 0 Å². The van der Waals surface area contributed by atoms with Crippen LogP contribution in [0.3, 0.4) is 0 Å². The van der Waals surface area contributed by atoms with Crippen molar-refractivity contribution in [2.45, 2.75) is 6.92 Å². The number of aromatic hydroxyl groups is 1. The van der Waals surface area contributed by atoms with E-state index in [0.29, 0.717) is 0 Å². The fourth-order valence-electron chi connectivity index (χ4n) is 0.927. The van der Waals surface area contributed by atoms with Gasteiger partial charge in [0.25, 0.3) is 0 Å². The molecule has 0 fully saturated rings. The maximum Gasteiger partial charge on any atom is 1.00 e. The number of nitrogens with zero attached hydrogens (tertiary/aromatic N) is 1. The number of phenols is 1. The summed E-state index contributed by atoms with van der Waals surface area (Å²) in [7, 11) is 0. The van der Waals surface area contributed by atoms with Gasteiger partial charge in [0.05, 0.1) is 9.95 Å². The SMILES string of the molecule is CC(=O)c1cc(Cl)c(O)c([N+](=O)[O-])c1.[K+]. The molecule has 7 heteroatoms. The van der Waals surface area contributed by atoms with Gasteiger partial charge in [0.15, 0.2) is 5.78 Å². The van der Waals surface area contributed by atoms with Crippen LogP contribution in [0.2, 0.25) is 5.02 Å². The van der Waals surface area contributed by atoms with Gasteiger partial charge < -0.3 is 5.11 Å². The molecule has 0 spiro atoms. The summed E-state index contributed by atoms with van der Waals surface area (Å²) in [5.74, 6) is -0.975. The predicted molar refractivity (Wildman–Crippen MR) is 49.8 cm³/mol. The average molecular weight is 255 g/mol. The van der Waals surface area contributed by atoms with Crippen molar-refractivity contribution in [1.29, 1.82) is 0 Å². The fraction of sp³-hybridized carbons (Fsp3) is 0.125. The molecule has 0 saturated heterocycles. The molecule has 0 atom stereocenters. The van der Waals surface area contributed by atoms with E-state index in [4.69, 9.17) is 11.6 Å². The van der Waals surface area contributed by atoms with E-state index in [1.807, 2.05) is 0 Å². The smallest absolute Gasteiger partial charge is 0.501 e. The fourth-order valence-corrected chi connectivity index (χ4v) is 1.14. The quantitative estimate of drug-likeness (QED) is 0.323. The first-order valence-electron chi connectivity index (χ1n) is 3.61. The predicted octanol–water partition coefficient (Wildman–Crippen LogP) is -0.840. The zero-order valence-corrected chi connectivity index (χ0v) is 12.0. The number of rotatable bonds is 2. The normalized spacial score (nSPS) is 9.20. The van der Waals surface area contributed by atoms with Crippen LogP contribution in [-0.4, -0.2) is 15.8 Å². The summed E-state index contributed by atoms with van der Waals surface area (Å²) in [6.07, 6.45) is 0. The first-order valence-corrected chi connectivity index (χ1v) is 3.99. The van der Waals surface area contributed by atoms with Gasteiger partial charge in [0.1, 0.15) is 0 Å². The molecular formula is C8H6ClKNO4+. The summed E-state index contributed by atoms with van der Waals surface area (Å²) in [5, 5.41) is 19.4. The van der Waals surface area contributed by atoms with E-state index in [9.17, 15) is 20.0 Å². The van der Waals surface area contributed by atoms with Gasteiger partial charge in [-0.2, -0.15) is 0 Å². The Morgan fingerprint density at radius 2 is 2.07 bits per heavy atom. The summed E-state index contributed by atoms with van der Waals surface area (Å²) in [4.78, 5) is 20.5. The summed E-state index contributed by atoms with van der Waals surface area (Å²) < 4.78 is 0. The Kier molecular flexibility index (Phi) is 5.93. The molecule has 0 aliphatic heterocycles. The second-order valence-corrected chi connectivity index (χ2v) is 3.05. The number of halogens is 1. The largest absolute Gasteiger partial charge is 1.00 e. The maximum atomic E-state index is 10.9. The van der Waals surface area contributed by atoms with Crippen molar-refractivity contribution in [1.82, 2.24) is 0 Å². The molecule has 1 rings (SSSR count). The van der Waals surface area contributed by atoms with Gasteiger partial charge in [-0.3, -0.25) is 14.9 Å². The van der Waals surface area contributed by atoms with E-state index < -0.39 is 16.4 Å². The first-order chi connectivity index (χ1) is 6.43. The van der Waals surface area contributed by atoms with Crippen molar-refractivity contribution in [3.63, 3.8) is 0 Å². The Bertz CT molecular complexity index is 421. The molecule has 0 amide bonds. The molecule has 0 saturated carbocycles. The second-order valence-electron chi connectivity index (χ2n) is 2.64.